The summed E-state index contributed by atoms with van der Waals surface area (Å²) in [6, 6.07) is 17.2. The molecule has 6 nitrogen and oxygen atoms in total. The van der Waals surface area contributed by atoms with Gasteiger partial charge in [-0.1, -0.05) is 39.3 Å². The smallest absolute Gasteiger partial charge is 0.260 e. The second-order valence-electron chi connectivity index (χ2n) is 6.72. The number of benzene rings is 2. The summed E-state index contributed by atoms with van der Waals surface area (Å²) >= 11 is 3.42. The quantitative estimate of drug-likeness (QED) is 0.590. The molecule has 0 aliphatic carbocycles. The number of carbonyl (C=O) groups is 1. The number of para-hydroxylation sites is 1. The van der Waals surface area contributed by atoms with Crippen LogP contribution in [0.3, 0.4) is 0 Å². The van der Waals surface area contributed by atoms with Crippen LogP contribution in [0, 0.1) is 0 Å². The number of hydrogen-bond acceptors (Lipinski definition) is 5. The largest absolute Gasteiger partial charge is 0.484 e. The first-order chi connectivity index (χ1) is 13.7. The average molecular weight is 442 g/mol. The normalized spacial score (nSPS) is 14.8. The zero-order valence-corrected chi connectivity index (χ0v) is 16.8. The maximum Gasteiger partial charge on any atom is 0.260 e. The zero-order valence-electron chi connectivity index (χ0n) is 15.3. The second kappa shape index (κ2) is 8.56. The van der Waals surface area contributed by atoms with E-state index in [0.29, 0.717) is 30.6 Å². The first kappa shape index (κ1) is 18.7. The fraction of sp³-hybridized carbons (Fsp3) is 0.286. The molecule has 7 heteroatoms. The predicted molar refractivity (Wildman–Crippen MR) is 108 cm³/mol. The molecule has 0 saturated carbocycles. The Morgan fingerprint density at radius 3 is 2.54 bits per heavy atom. The molecule has 4 rings (SSSR count). The number of halogens is 1. The van der Waals surface area contributed by atoms with Gasteiger partial charge in [-0.2, -0.15) is 4.98 Å². The Kier molecular flexibility index (Phi) is 5.71. The van der Waals surface area contributed by atoms with Crippen LogP contribution in [0.25, 0.3) is 11.4 Å². The van der Waals surface area contributed by atoms with Gasteiger partial charge in [-0.25, -0.2) is 0 Å². The molecule has 0 spiro atoms. The van der Waals surface area contributed by atoms with Crippen molar-refractivity contribution in [2.75, 3.05) is 19.7 Å². The fourth-order valence-corrected chi connectivity index (χ4v) is 3.51. The number of ether oxygens (including phenoxy) is 1. The third-order valence-electron chi connectivity index (χ3n) is 4.85. The first-order valence-corrected chi connectivity index (χ1v) is 10.0. The summed E-state index contributed by atoms with van der Waals surface area (Å²) in [7, 11) is 0. The highest BCUT2D eigenvalue weighted by atomic mass is 79.9. The predicted octanol–water partition coefficient (Wildman–Crippen LogP) is 4.28. The van der Waals surface area contributed by atoms with Crippen LogP contribution in [0.5, 0.6) is 5.75 Å². The Morgan fingerprint density at radius 2 is 1.82 bits per heavy atom. The molecule has 2 aromatic carbocycles. The van der Waals surface area contributed by atoms with Crippen LogP contribution in [0.15, 0.2) is 63.6 Å². The van der Waals surface area contributed by atoms with Crippen LogP contribution in [0.2, 0.25) is 0 Å². The molecule has 1 aliphatic heterocycles. The standard InChI is InChI=1S/C21H20BrN3O3/c22-17-8-6-15(7-9-17)20-23-21(28-24-20)16-10-12-25(13-11-16)19(26)14-27-18-4-2-1-3-5-18/h1-9,16H,10-14H2. The Morgan fingerprint density at radius 1 is 1.11 bits per heavy atom. The molecule has 0 N–H and O–H groups in total. The van der Waals surface area contributed by atoms with Crippen molar-refractivity contribution in [2.24, 2.45) is 0 Å². The van der Waals surface area contributed by atoms with Gasteiger partial charge in [-0.05, 0) is 49.2 Å². The Labute approximate surface area is 171 Å². The van der Waals surface area contributed by atoms with Gasteiger partial charge in [-0.3, -0.25) is 4.79 Å². The fourth-order valence-electron chi connectivity index (χ4n) is 3.25. The topological polar surface area (TPSA) is 68.5 Å². The van der Waals surface area contributed by atoms with Crippen molar-refractivity contribution in [2.45, 2.75) is 18.8 Å². The molecule has 0 unspecified atom stereocenters. The molecule has 3 aromatic rings. The number of amides is 1. The summed E-state index contributed by atoms with van der Waals surface area (Å²) in [5, 5.41) is 4.11. The highest BCUT2D eigenvalue weighted by Crippen LogP contribution is 2.29. The van der Waals surface area contributed by atoms with E-state index < -0.39 is 0 Å². The van der Waals surface area contributed by atoms with E-state index in [9.17, 15) is 4.79 Å². The molecule has 1 saturated heterocycles. The number of hydrogen-bond donors (Lipinski definition) is 0. The van der Waals surface area contributed by atoms with Crippen molar-refractivity contribution in [1.82, 2.24) is 15.0 Å². The van der Waals surface area contributed by atoms with Gasteiger partial charge in [0.25, 0.3) is 5.91 Å². The summed E-state index contributed by atoms with van der Waals surface area (Å²) in [6.45, 7) is 1.39. The van der Waals surface area contributed by atoms with Gasteiger partial charge >= 0.3 is 0 Å². The lowest BCUT2D eigenvalue weighted by Gasteiger charge is -2.30. The van der Waals surface area contributed by atoms with Crippen molar-refractivity contribution in [3.8, 4) is 17.1 Å². The highest BCUT2D eigenvalue weighted by molar-refractivity contribution is 9.10. The van der Waals surface area contributed by atoms with Gasteiger partial charge in [0, 0.05) is 29.0 Å². The summed E-state index contributed by atoms with van der Waals surface area (Å²) in [5.74, 6) is 2.12. The number of nitrogens with zero attached hydrogens (tertiary/aromatic N) is 3. The van der Waals surface area contributed by atoms with Gasteiger partial charge < -0.3 is 14.2 Å². The Bertz CT molecular complexity index is 920. The minimum atomic E-state index is 0.00313. The summed E-state index contributed by atoms with van der Waals surface area (Å²) in [5.41, 5.74) is 0.920. The molecule has 2 heterocycles. The van der Waals surface area contributed by atoms with Gasteiger partial charge in [0.15, 0.2) is 6.61 Å². The average Bonchev–Trinajstić information content (AvgIpc) is 3.24. The van der Waals surface area contributed by atoms with E-state index in [0.717, 1.165) is 22.9 Å². The van der Waals surface area contributed by atoms with Crippen LogP contribution >= 0.6 is 15.9 Å². The molecule has 0 bridgehead atoms. The lowest BCUT2D eigenvalue weighted by atomic mass is 9.97. The third kappa shape index (κ3) is 4.42. The Balaban J connectivity index is 1.30. The molecule has 1 fully saturated rings. The lowest BCUT2D eigenvalue weighted by Crippen LogP contribution is -2.40. The number of carbonyl (C=O) groups excluding carboxylic acids is 1. The summed E-state index contributed by atoms with van der Waals surface area (Å²) < 4.78 is 12.1. The van der Waals surface area contributed by atoms with Gasteiger partial charge in [0.1, 0.15) is 5.75 Å². The number of likely N-dealkylation sites (tertiary alicyclic amines) is 1. The van der Waals surface area contributed by atoms with E-state index in [2.05, 4.69) is 26.1 Å². The van der Waals surface area contributed by atoms with Crippen LogP contribution in [0.4, 0.5) is 0 Å². The SMILES string of the molecule is O=C(COc1ccccc1)N1CCC(c2nc(-c3ccc(Br)cc3)no2)CC1. The molecule has 1 amide bonds. The Hall–Kier alpha value is -2.67. The van der Waals surface area contributed by atoms with E-state index in [-0.39, 0.29) is 18.4 Å². The number of aromatic nitrogens is 2. The minimum absolute atomic E-state index is 0.00313. The number of rotatable bonds is 5. The van der Waals surface area contributed by atoms with E-state index in [4.69, 9.17) is 9.26 Å². The van der Waals surface area contributed by atoms with Crippen molar-refractivity contribution in [3.05, 3.63) is 65.0 Å². The van der Waals surface area contributed by atoms with Crippen molar-refractivity contribution < 1.29 is 14.1 Å². The van der Waals surface area contributed by atoms with E-state index >= 15 is 0 Å². The van der Waals surface area contributed by atoms with Crippen molar-refractivity contribution in [1.29, 1.82) is 0 Å². The highest BCUT2D eigenvalue weighted by Gasteiger charge is 2.27. The molecular formula is C21H20BrN3O3. The van der Waals surface area contributed by atoms with Gasteiger partial charge in [-0.15, -0.1) is 0 Å². The van der Waals surface area contributed by atoms with Crippen LogP contribution in [-0.4, -0.2) is 40.6 Å². The molecule has 1 aromatic heterocycles. The molecule has 0 radical (unpaired) electrons. The van der Waals surface area contributed by atoms with Gasteiger partial charge in [0.2, 0.25) is 11.7 Å². The van der Waals surface area contributed by atoms with Crippen molar-refractivity contribution in [3.63, 3.8) is 0 Å². The molecule has 0 atom stereocenters. The summed E-state index contributed by atoms with van der Waals surface area (Å²) in [6.07, 6.45) is 1.61. The van der Waals surface area contributed by atoms with Gasteiger partial charge in [0.05, 0.1) is 0 Å². The summed E-state index contributed by atoms with van der Waals surface area (Å²) in [4.78, 5) is 18.8. The van der Waals surface area contributed by atoms with E-state index in [1.54, 1.807) is 0 Å². The van der Waals surface area contributed by atoms with Crippen LogP contribution in [-0.2, 0) is 4.79 Å². The van der Waals surface area contributed by atoms with E-state index in [1.807, 2.05) is 59.5 Å². The lowest BCUT2D eigenvalue weighted by molar-refractivity contribution is -0.134. The molecular weight excluding hydrogens is 422 g/mol. The van der Waals surface area contributed by atoms with Crippen LogP contribution in [0.1, 0.15) is 24.7 Å². The first-order valence-electron chi connectivity index (χ1n) is 9.24. The zero-order chi connectivity index (χ0) is 19.3. The monoisotopic (exact) mass is 441 g/mol. The maximum atomic E-state index is 12.4. The van der Waals surface area contributed by atoms with Crippen LogP contribution < -0.4 is 4.74 Å². The molecule has 144 valence electrons. The maximum absolute atomic E-state index is 12.4. The van der Waals surface area contributed by atoms with E-state index in [1.165, 1.54) is 0 Å². The number of piperidine rings is 1. The van der Waals surface area contributed by atoms with Crippen molar-refractivity contribution >= 4 is 21.8 Å². The molecule has 28 heavy (non-hydrogen) atoms. The second-order valence-corrected chi connectivity index (χ2v) is 7.64. The molecule has 1 aliphatic rings. The minimum Gasteiger partial charge on any atom is -0.484 e. The third-order valence-corrected chi connectivity index (χ3v) is 5.38.